The van der Waals surface area contributed by atoms with Crippen molar-refractivity contribution in [3.8, 4) is 0 Å². The van der Waals surface area contributed by atoms with Crippen molar-refractivity contribution in [1.29, 1.82) is 0 Å². The van der Waals surface area contributed by atoms with E-state index in [1.807, 2.05) is 0 Å². The summed E-state index contributed by atoms with van der Waals surface area (Å²) in [6.07, 6.45) is 0.326. The van der Waals surface area contributed by atoms with Crippen LogP contribution in [0.5, 0.6) is 0 Å². The third kappa shape index (κ3) is 3.11. The predicted octanol–water partition coefficient (Wildman–Crippen LogP) is 4.03. The minimum absolute atomic E-state index is 0.0654. The number of benzene rings is 2. The van der Waals surface area contributed by atoms with Gasteiger partial charge in [0.1, 0.15) is 11.6 Å². The van der Waals surface area contributed by atoms with E-state index in [9.17, 15) is 8.78 Å². The molecular weight excluding hydrogens is 268 g/mol. The molecule has 1 unspecified atom stereocenters. The van der Waals surface area contributed by atoms with Gasteiger partial charge >= 0.3 is 0 Å². The van der Waals surface area contributed by atoms with Gasteiger partial charge in [-0.05, 0) is 42.7 Å². The van der Waals surface area contributed by atoms with Crippen molar-refractivity contribution in [3.63, 3.8) is 0 Å². The highest BCUT2D eigenvalue weighted by molar-refractivity contribution is 6.31. The molecule has 0 radical (unpaired) electrons. The van der Waals surface area contributed by atoms with E-state index in [0.717, 1.165) is 0 Å². The molecule has 1 nitrogen and oxygen atoms in total. The van der Waals surface area contributed by atoms with Crippen LogP contribution in [0.25, 0.3) is 0 Å². The summed E-state index contributed by atoms with van der Waals surface area (Å²) in [5.41, 5.74) is 6.64. The molecule has 0 aliphatic carbocycles. The van der Waals surface area contributed by atoms with Gasteiger partial charge < -0.3 is 5.73 Å². The number of hydrogen-bond donors (Lipinski definition) is 1. The Morgan fingerprint density at radius 3 is 2.53 bits per heavy atom. The fourth-order valence-corrected chi connectivity index (χ4v) is 2.22. The average molecular weight is 282 g/mol. The first kappa shape index (κ1) is 14.0. The van der Waals surface area contributed by atoms with E-state index < -0.39 is 11.4 Å². The second kappa shape index (κ2) is 5.27. The minimum Gasteiger partial charge on any atom is -0.321 e. The Bertz CT molecular complexity index is 596. The summed E-state index contributed by atoms with van der Waals surface area (Å²) in [5.74, 6) is -0.825. The topological polar surface area (TPSA) is 26.0 Å². The van der Waals surface area contributed by atoms with E-state index in [1.54, 1.807) is 31.2 Å². The van der Waals surface area contributed by atoms with Gasteiger partial charge in [-0.3, -0.25) is 0 Å². The molecule has 2 rings (SSSR count). The lowest BCUT2D eigenvalue weighted by Gasteiger charge is -2.26. The van der Waals surface area contributed by atoms with Gasteiger partial charge in [0, 0.05) is 5.54 Å². The van der Waals surface area contributed by atoms with Crippen molar-refractivity contribution < 1.29 is 8.78 Å². The zero-order valence-electron chi connectivity index (χ0n) is 10.5. The highest BCUT2D eigenvalue weighted by Gasteiger charge is 2.24. The third-order valence-electron chi connectivity index (χ3n) is 3.07. The second-order valence-corrected chi connectivity index (χ2v) is 5.20. The van der Waals surface area contributed by atoms with Crippen LogP contribution in [-0.4, -0.2) is 0 Å². The van der Waals surface area contributed by atoms with Crippen LogP contribution in [-0.2, 0) is 12.0 Å². The molecule has 0 fully saturated rings. The summed E-state index contributed by atoms with van der Waals surface area (Å²) >= 11 is 5.91. The maximum Gasteiger partial charge on any atom is 0.142 e. The smallest absolute Gasteiger partial charge is 0.142 e. The molecule has 0 heterocycles. The zero-order chi connectivity index (χ0) is 14.0. The minimum atomic E-state index is -0.820. The molecule has 0 aliphatic rings. The molecule has 0 aliphatic heterocycles. The summed E-state index contributed by atoms with van der Waals surface area (Å²) in [7, 11) is 0. The second-order valence-electron chi connectivity index (χ2n) is 4.82. The van der Waals surface area contributed by atoms with Gasteiger partial charge in [0.2, 0.25) is 0 Å². The number of halogens is 3. The molecule has 0 saturated heterocycles. The number of hydrogen-bond acceptors (Lipinski definition) is 1. The van der Waals surface area contributed by atoms with E-state index in [-0.39, 0.29) is 10.8 Å². The Balaban J connectivity index is 2.33. The fourth-order valence-electron chi connectivity index (χ4n) is 2.03. The van der Waals surface area contributed by atoms with E-state index in [0.29, 0.717) is 17.5 Å². The van der Waals surface area contributed by atoms with Crippen LogP contribution in [0.15, 0.2) is 42.5 Å². The van der Waals surface area contributed by atoms with Crippen LogP contribution in [0.1, 0.15) is 18.1 Å². The molecule has 0 bridgehead atoms. The van der Waals surface area contributed by atoms with Gasteiger partial charge in [0.05, 0.1) is 5.02 Å². The van der Waals surface area contributed by atoms with Crippen LogP contribution < -0.4 is 5.73 Å². The lowest BCUT2D eigenvalue weighted by atomic mass is 9.86. The number of nitrogens with two attached hydrogens (primary N) is 1. The lowest BCUT2D eigenvalue weighted by molar-refractivity contribution is 0.484. The van der Waals surface area contributed by atoms with Gasteiger partial charge in [0.25, 0.3) is 0 Å². The van der Waals surface area contributed by atoms with Crippen molar-refractivity contribution in [2.75, 3.05) is 0 Å². The van der Waals surface area contributed by atoms with Gasteiger partial charge in [-0.2, -0.15) is 0 Å². The molecule has 0 amide bonds. The molecule has 0 saturated carbocycles. The van der Waals surface area contributed by atoms with Gasteiger partial charge in [0.15, 0.2) is 0 Å². The van der Waals surface area contributed by atoms with Crippen LogP contribution >= 0.6 is 11.6 Å². The van der Waals surface area contributed by atoms with Crippen LogP contribution in [0.2, 0.25) is 5.02 Å². The van der Waals surface area contributed by atoms with Gasteiger partial charge in [-0.25, -0.2) is 8.78 Å². The Morgan fingerprint density at radius 2 is 1.84 bits per heavy atom. The quantitative estimate of drug-likeness (QED) is 0.903. The van der Waals surface area contributed by atoms with Crippen molar-refractivity contribution >= 4 is 11.6 Å². The predicted molar refractivity (Wildman–Crippen MR) is 73.1 cm³/mol. The molecule has 100 valence electrons. The molecule has 0 aromatic heterocycles. The van der Waals surface area contributed by atoms with Gasteiger partial charge in [-0.15, -0.1) is 0 Å². The first-order valence-electron chi connectivity index (χ1n) is 5.88. The summed E-state index contributed by atoms with van der Waals surface area (Å²) < 4.78 is 26.6. The highest BCUT2D eigenvalue weighted by Crippen LogP contribution is 2.28. The maximum atomic E-state index is 13.4. The monoisotopic (exact) mass is 281 g/mol. The highest BCUT2D eigenvalue weighted by atomic mass is 35.5. The SMILES string of the molecule is CC(N)(Cc1cccc(F)c1Cl)c1cccc(F)c1. The summed E-state index contributed by atoms with van der Waals surface area (Å²) in [6.45, 7) is 1.77. The molecule has 2 N–H and O–H groups in total. The van der Waals surface area contributed by atoms with E-state index in [2.05, 4.69) is 0 Å². The average Bonchev–Trinajstić information content (AvgIpc) is 2.35. The zero-order valence-corrected chi connectivity index (χ0v) is 11.2. The Morgan fingerprint density at radius 1 is 1.16 bits per heavy atom. The summed E-state index contributed by atoms with van der Waals surface area (Å²) in [6, 6.07) is 10.7. The van der Waals surface area contributed by atoms with Crippen LogP contribution in [0.4, 0.5) is 8.78 Å². The molecule has 2 aromatic rings. The number of rotatable bonds is 3. The summed E-state index contributed by atoms with van der Waals surface area (Å²) in [5, 5.41) is 0.0654. The standard InChI is InChI=1S/C15H14ClF2N/c1-15(19,11-5-3-6-12(17)8-11)9-10-4-2-7-13(18)14(10)16/h2-8H,9,19H2,1H3. The Hall–Kier alpha value is -1.45. The molecule has 2 aromatic carbocycles. The van der Waals surface area contributed by atoms with E-state index in [1.165, 1.54) is 18.2 Å². The van der Waals surface area contributed by atoms with E-state index in [4.69, 9.17) is 17.3 Å². The normalized spacial score (nSPS) is 14.2. The Labute approximate surface area is 116 Å². The van der Waals surface area contributed by atoms with Crippen molar-refractivity contribution in [2.45, 2.75) is 18.9 Å². The lowest BCUT2D eigenvalue weighted by Crippen LogP contribution is -2.35. The van der Waals surface area contributed by atoms with Crippen molar-refractivity contribution in [2.24, 2.45) is 5.73 Å². The molecule has 1 atom stereocenters. The van der Waals surface area contributed by atoms with Crippen LogP contribution in [0.3, 0.4) is 0 Å². The van der Waals surface area contributed by atoms with E-state index >= 15 is 0 Å². The maximum absolute atomic E-state index is 13.4. The molecular formula is C15H14ClF2N. The third-order valence-corrected chi connectivity index (χ3v) is 3.50. The first-order chi connectivity index (χ1) is 8.90. The molecule has 4 heteroatoms. The molecule has 19 heavy (non-hydrogen) atoms. The molecule has 0 spiro atoms. The van der Waals surface area contributed by atoms with Crippen molar-refractivity contribution in [3.05, 3.63) is 70.2 Å². The fraction of sp³-hybridized carbons (Fsp3) is 0.200. The van der Waals surface area contributed by atoms with Gasteiger partial charge in [-0.1, -0.05) is 35.9 Å². The Kier molecular flexibility index (Phi) is 3.88. The largest absolute Gasteiger partial charge is 0.321 e. The van der Waals surface area contributed by atoms with Crippen molar-refractivity contribution in [1.82, 2.24) is 0 Å². The van der Waals surface area contributed by atoms with Crippen LogP contribution in [0, 0.1) is 11.6 Å². The summed E-state index contributed by atoms with van der Waals surface area (Å²) in [4.78, 5) is 0. The first-order valence-corrected chi connectivity index (χ1v) is 6.26.